The summed E-state index contributed by atoms with van der Waals surface area (Å²) in [6.45, 7) is 1.04. The highest BCUT2D eigenvalue weighted by Crippen LogP contribution is 2.18. The molecule has 8 nitrogen and oxygen atoms in total. The third-order valence-corrected chi connectivity index (χ3v) is 2.75. The Balaban J connectivity index is 1.87. The van der Waals surface area contributed by atoms with Gasteiger partial charge in [0.2, 0.25) is 0 Å². The van der Waals surface area contributed by atoms with E-state index in [0.29, 0.717) is 24.6 Å². The zero-order valence-electron chi connectivity index (χ0n) is 10.1. The molecule has 0 aliphatic rings. The maximum atomic E-state index is 8.96. The molecular formula is C11H13N7O. The summed E-state index contributed by atoms with van der Waals surface area (Å²) in [5.41, 5.74) is 1.67. The summed E-state index contributed by atoms with van der Waals surface area (Å²) in [7, 11) is 0. The van der Waals surface area contributed by atoms with Crippen molar-refractivity contribution in [2.75, 3.05) is 11.9 Å². The number of aromatic nitrogens is 6. The van der Waals surface area contributed by atoms with Gasteiger partial charge >= 0.3 is 0 Å². The second-order valence-electron chi connectivity index (χ2n) is 3.99. The molecular weight excluding hydrogens is 246 g/mol. The van der Waals surface area contributed by atoms with Crippen LogP contribution < -0.4 is 5.32 Å². The fourth-order valence-corrected chi connectivity index (χ4v) is 1.85. The smallest absolute Gasteiger partial charge is 0.163 e. The molecule has 0 aliphatic heterocycles. The molecule has 3 N–H and O–H groups in total. The van der Waals surface area contributed by atoms with Gasteiger partial charge in [0.25, 0.3) is 0 Å². The first kappa shape index (κ1) is 11.6. The van der Waals surface area contributed by atoms with Crippen LogP contribution in [0.4, 0.5) is 5.82 Å². The summed E-state index contributed by atoms with van der Waals surface area (Å²) in [6, 6.07) is 1.89. The van der Waals surface area contributed by atoms with E-state index >= 15 is 0 Å². The van der Waals surface area contributed by atoms with Crippen LogP contribution in [0.1, 0.15) is 5.69 Å². The molecule has 3 aromatic rings. The standard InChI is InChI=1S/C11H13N7O/c19-4-3-18-11-9(6-16-18)10(13-7-14-11)12-5-8-1-2-15-17-8/h1-2,6-7,19H,3-5H2,(H,15,17)(H,12,13,14). The molecule has 0 saturated carbocycles. The van der Waals surface area contributed by atoms with Crippen molar-refractivity contribution in [1.29, 1.82) is 0 Å². The lowest BCUT2D eigenvalue weighted by Gasteiger charge is -2.05. The Morgan fingerprint density at radius 3 is 3.11 bits per heavy atom. The third kappa shape index (κ3) is 2.25. The van der Waals surface area contributed by atoms with Gasteiger partial charge in [0.05, 0.1) is 37.0 Å². The summed E-state index contributed by atoms with van der Waals surface area (Å²) >= 11 is 0. The minimum absolute atomic E-state index is 0.0255. The van der Waals surface area contributed by atoms with E-state index < -0.39 is 0 Å². The van der Waals surface area contributed by atoms with Gasteiger partial charge in [-0.2, -0.15) is 10.2 Å². The van der Waals surface area contributed by atoms with Gasteiger partial charge in [-0.05, 0) is 6.07 Å². The maximum absolute atomic E-state index is 8.96. The van der Waals surface area contributed by atoms with Crippen molar-refractivity contribution >= 4 is 16.9 Å². The first-order valence-corrected chi connectivity index (χ1v) is 5.88. The molecule has 3 rings (SSSR count). The second kappa shape index (κ2) is 5.02. The monoisotopic (exact) mass is 259 g/mol. The SMILES string of the molecule is OCCn1ncc2c(NCc3ccn[nH]3)ncnc21. The van der Waals surface area contributed by atoms with Crippen molar-refractivity contribution < 1.29 is 5.11 Å². The number of aliphatic hydroxyl groups excluding tert-OH is 1. The Kier molecular flexibility index (Phi) is 3.07. The Bertz CT molecular complexity index is 661. The molecule has 0 aliphatic carbocycles. The fraction of sp³-hybridized carbons (Fsp3) is 0.273. The minimum Gasteiger partial charge on any atom is -0.394 e. The summed E-state index contributed by atoms with van der Waals surface area (Å²) in [5, 5.41) is 23.9. The van der Waals surface area contributed by atoms with Gasteiger partial charge < -0.3 is 10.4 Å². The van der Waals surface area contributed by atoms with Gasteiger partial charge in [0.15, 0.2) is 5.65 Å². The van der Waals surface area contributed by atoms with Crippen molar-refractivity contribution in [2.24, 2.45) is 0 Å². The molecule has 0 atom stereocenters. The molecule has 8 heteroatoms. The molecule has 0 aromatic carbocycles. The molecule has 0 radical (unpaired) electrons. The Morgan fingerprint density at radius 1 is 1.37 bits per heavy atom. The van der Waals surface area contributed by atoms with Gasteiger partial charge in [-0.15, -0.1) is 0 Å². The van der Waals surface area contributed by atoms with Crippen LogP contribution in [0, 0.1) is 0 Å². The predicted octanol–water partition coefficient (Wildman–Crippen LogP) is 0.154. The van der Waals surface area contributed by atoms with Crippen LogP contribution in [-0.4, -0.2) is 41.7 Å². The van der Waals surface area contributed by atoms with Crippen molar-refractivity contribution in [2.45, 2.75) is 13.1 Å². The van der Waals surface area contributed by atoms with Crippen molar-refractivity contribution in [3.8, 4) is 0 Å². The van der Waals surface area contributed by atoms with E-state index in [-0.39, 0.29) is 6.61 Å². The van der Waals surface area contributed by atoms with Gasteiger partial charge in [-0.1, -0.05) is 0 Å². The van der Waals surface area contributed by atoms with Crippen molar-refractivity contribution in [1.82, 2.24) is 29.9 Å². The van der Waals surface area contributed by atoms with E-state index in [0.717, 1.165) is 11.1 Å². The van der Waals surface area contributed by atoms with Gasteiger partial charge in [-0.3, -0.25) is 5.10 Å². The van der Waals surface area contributed by atoms with Crippen molar-refractivity contribution in [3.05, 3.63) is 30.5 Å². The molecule has 0 fully saturated rings. The average molecular weight is 259 g/mol. The fourth-order valence-electron chi connectivity index (χ4n) is 1.85. The zero-order chi connectivity index (χ0) is 13.1. The van der Waals surface area contributed by atoms with Crippen LogP contribution in [0.25, 0.3) is 11.0 Å². The van der Waals surface area contributed by atoms with E-state index in [4.69, 9.17) is 5.11 Å². The number of anilines is 1. The highest BCUT2D eigenvalue weighted by molar-refractivity contribution is 5.85. The average Bonchev–Trinajstić information content (AvgIpc) is 3.07. The maximum Gasteiger partial charge on any atom is 0.163 e. The van der Waals surface area contributed by atoms with Crippen LogP contribution in [0.15, 0.2) is 24.8 Å². The van der Waals surface area contributed by atoms with Crippen LogP contribution in [-0.2, 0) is 13.1 Å². The van der Waals surface area contributed by atoms with Crippen LogP contribution >= 0.6 is 0 Å². The van der Waals surface area contributed by atoms with Crippen LogP contribution in [0.5, 0.6) is 0 Å². The molecule has 0 amide bonds. The zero-order valence-corrected chi connectivity index (χ0v) is 10.1. The summed E-state index contributed by atoms with van der Waals surface area (Å²) in [4.78, 5) is 8.39. The second-order valence-corrected chi connectivity index (χ2v) is 3.99. The third-order valence-electron chi connectivity index (χ3n) is 2.75. The van der Waals surface area contributed by atoms with E-state index in [9.17, 15) is 0 Å². The molecule has 0 spiro atoms. The van der Waals surface area contributed by atoms with Crippen LogP contribution in [0.2, 0.25) is 0 Å². The topological polar surface area (TPSA) is 105 Å². The van der Waals surface area contributed by atoms with Gasteiger partial charge in [0, 0.05) is 6.20 Å². The number of hydrogen-bond donors (Lipinski definition) is 3. The first-order valence-electron chi connectivity index (χ1n) is 5.88. The molecule has 3 aromatic heterocycles. The summed E-state index contributed by atoms with van der Waals surface area (Å²) in [5.74, 6) is 0.712. The molecule has 19 heavy (non-hydrogen) atoms. The number of rotatable bonds is 5. The van der Waals surface area contributed by atoms with Gasteiger partial charge in [0.1, 0.15) is 12.1 Å². The lowest BCUT2D eigenvalue weighted by atomic mass is 10.3. The Labute approximate surface area is 108 Å². The van der Waals surface area contributed by atoms with E-state index in [1.807, 2.05) is 6.07 Å². The molecule has 0 saturated heterocycles. The number of hydrogen-bond acceptors (Lipinski definition) is 6. The van der Waals surface area contributed by atoms with Gasteiger partial charge in [-0.25, -0.2) is 14.6 Å². The molecule has 98 valence electrons. The van der Waals surface area contributed by atoms with Crippen LogP contribution in [0.3, 0.4) is 0 Å². The number of aromatic amines is 1. The highest BCUT2D eigenvalue weighted by Gasteiger charge is 2.09. The molecule has 0 bridgehead atoms. The number of aliphatic hydroxyl groups is 1. The minimum atomic E-state index is 0.0255. The first-order chi connectivity index (χ1) is 9.38. The van der Waals surface area contributed by atoms with Crippen molar-refractivity contribution in [3.63, 3.8) is 0 Å². The number of nitrogens with zero attached hydrogens (tertiary/aromatic N) is 5. The largest absolute Gasteiger partial charge is 0.394 e. The predicted molar refractivity (Wildman–Crippen MR) is 68.3 cm³/mol. The summed E-state index contributed by atoms with van der Waals surface area (Å²) < 4.78 is 1.65. The highest BCUT2D eigenvalue weighted by atomic mass is 16.3. The lowest BCUT2D eigenvalue weighted by Crippen LogP contribution is -2.06. The summed E-state index contributed by atoms with van der Waals surface area (Å²) in [6.07, 6.45) is 4.87. The van der Waals surface area contributed by atoms with E-state index in [1.165, 1.54) is 6.33 Å². The molecule has 3 heterocycles. The van der Waals surface area contributed by atoms with E-state index in [2.05, 4.69) is 30.6 Å². The number of H-pyrrole nitrogens is 1. The molecule has 0 unspecified atom stereocenters. The Hall–Kier alpha value is -2.48. The Morgan fingerprint density at radius 2 is 2.32 bits per heavy atom. The quantitative estimate of drug-likeness (QED) is 0.602. The number of fused-ring (bicyclic) bond motifs is 1. The van der Waals surface area contributed by atoms with E-state index in [1.54, 1.807) is 17.1 Å². The number of nitrogens with one attached hydrogen (secondary N) is 2. The normalized spacial score (nSPS) is 11.0. The lowest BCUT2D eigenvalue weighted by molar-refractivity contribution is 0.271.